The Balaban J connectivity index is 3.73. The summed E-state index contributed by atoms with van der Waals surface area (Å²) in [4.78, 5) is 2.79. The predicted molar refractivity (Wildman–Crippen MR) is 152 cm³/mol. The van der Waals surface area contributed by atoms with E-state index in [-0.39, 0.29) is 0 Å². The fourth-order valence-corrected chi connectivity index (χ4v) is 5.00. The molecular weight excluding hydrogens is 418 g/mol. The Morgan fingerprint density at radius 1 is 0.324 bits per heavy atom. The van der Waals surface area contributed by atoms with Crippen LogP contribution in [0.15, 0.2) is 0 Å². The van der Waals surface area contributed by atoms with Crippen molar-refractivity contribution in [1.82, 2.24) is 4.90 Å². The summed E-state index contributed by atoms with van der Waals surface area (Å²) in [5.41, 5.74) is 0. The molecule has 0 aromatic carbocycles. The monoisotopic (exact) mass is 484 g/mol. The second-order valence-electron chi connectivity index (χ2n) is 10.8. The Morgan fingerprint density at radius 3 is 0.824 bits per heavy atom. The molecule has 0 bridgehead atoms. The van der Waals surface area contributed by atoms with Crippen LogP contribution < -0.4 is 0 Å². The molecule has 0 saturated carbocycles. The molecule has 0 aliphatic rings. The summed E-state index contributed by atoms with van der Waals surface area (Å²) in [5, 5.41) is 17.7. The molecule has 0 amide bonds. The first-order chi connectivity index (χ1) is 16.8. The summed E-state index contributed by atoms with van der Waals surface area (Å²) in [6.45, 7) is 7.00. The number of nitrogens with zero attached hydrogens (tertiary/aromatic N) is 1. The van der Waals surface area contributed by atoms with Gasteiger partial charge in [0.2, 0.25) is 0 Å². The molecule has 3 nitrogen and oxygen atoms in total. The van der Waals surface area contributed by atoms with Gasteiger partial charge < -0.3 is 15.1 Å². The number of hydrogen-bond acceptors (Lipinski definition) is 3. The number of rotatable bonds is 30. The highest BCUT2D eigenvalue weighted by atomic mass is 16.3. The third kappa shape index (κ3) is 28.1. The Labute approximate surface area is 215 Å². The van der Waals surface area contributed by atoms with E-state index >= 15 is 0 Å². The summed E-state index contributed by atoms with van der Waals surface area (Å²) < 4.78 is 0. The summed E-state index contributed by atoms with van der Waals surface area (Å²) in [5.74, 6) is 0. The van der Waals surface area contributed by atoms with Gasteiger partial charge in [-0.3, -0.25) is 0 Å². The van der Waals surface area contributed by atoms with Crippen molar-refractivity contribution in [3.05, 3.63) is 0 Å². The van der Waals surface area contributed by atoms with Gasteiger partial charge in [0.05, 0.1) is 0 Å². The number of unbranched alkanes of at least 4 members (excludes halogenated alkanes) is 22. The van der Waals surface area contributed by atoms with Crippen molar-refractivity contribution in [1.29, 1.82) is 0 Å². The Bertz CT molecular complexity index is 324. The summed E-state index contributed by atoms with van der Waals surface area (Å²) >= 11 is 0. The molecule has 0 aliphatic carbocycles. The van der Waals surface area contributed by atoms with Gasteiger partial charge in [0.1, 0.15) is 0 Å². The SMILES string of the molecule is CCCCCCCN(CCCCCCCCCCCCO)CCCCCCCCCCCCO. The van der Waals surface area contributed by atoms with Crippen molar-refractivity contribution in [3.8, 4) is 0 Å². The first-order valence-electron chi connectivity index (χ1n) is 15.8. The van der Waals surface area contributed by atoms with Crippen LogP contribution in [0.2, 0.25) is 0 Å². The van der Waals surface area contributed by atoms with Gasteiger partial charge in [-0.05, 0) is 51.7 Å². The highest BCUT2D eigenvalue weighted by molar-refractivity contribution is 4.60. The van der Waals surface area contributed by atoms with Crippen molar-refractivity contribution in [3.63, 3.8) is 0 Å². The molecule has 0 aliphatic heterocycles. The lowest BCUT2D eigenvalue weighted by atomic mass is 10.1. The molecule has 0 heterocycles. The highest BCUT2D eigenvalue weighted by Gasteiger charge is 2.05. The molecule has 2 N–H and O–H groups in total. The van der Waals surface area contributed by atoms with Gasteiger partial charge in [-0.25, -0.2) is 0 Å². The molecule has 0 unspecified atom stereocenters. The molecule has 0 radical (unpaired) electrons. The third-order valence-electron chi connectivity index (χ3n) is 7.34. The van der Waals surface area contributed by atoms with E-state index in [4.69, 9.17) is 10.2 Å². The van der Waals surface area contributed by atoms with E-state index in [9.17, 15) is 0 Å². The average Bonchev–Trinajstić information content (AvgIpc) is 2.85. The molecule has 0 atom stereocenters. The smallest absolute Gasteiger partial charge is 0.0431 e. The van der Waals surface area contributed by atoms with Crippen LogP contribution >= 0.6 is 0 Å². The highest BCUT2D eigenvalue weighted by Crippen LogP contribution is 2.13. The van der Waals surface area contributed by atoms with E-state index in [1.54, 1.807) is 0 Å². The molecule has 34 heavy (non-hydrogen) atoms. The third-order valence-corrected chi connectivity index (χ3v) is 7.34. The summed E-state index contributed by atoms with van der Waals surface area (Å²) in [6, 6.07) is 0. The largest absolute Gasteiger partial charge is 0.396 e. The molecular formula is C31H65NO2. The maximum atomic E-state index is 8.83. The second-order valence-corrected chi connectivity index (χ2v) is 10.8. The molecule has 3 heteroatoms. The van der Waals surface area contributed by atoms with Crippen LogP contribution in [0.25, 0.3) is 0 Å². The van der Waals surface area contributed by atoms with Gasteiger partial charge in [-0.2, -0.15) is 0 Å². The minimum absolute atomic E-state index is 0.364. The van der Waals surface area contributed by atoms with Crippen LogP contribution in [-0.2, 0) is 0 Å². The minimum atomic E-state index is 0.364. The zero-order chi connectivity index (χ0) is 24.8. The lowest BCUT2D eigenvalue weighted by Crippen LogP contribution is -2.27. The van der Waals surface area contributed by atoms with Gasteiger partial charge in [0.15, 0.2) is 0 Å². The zero-order valence-corrected chi connectivity index (χ0v) is 23.6. The van der Waals surface area contributed by atoms with Crippen LogP contribution in [0.4, 0.5) is 0 Å². The average molecular weight is 484 g/mol. The molecule has 0 fully saturated rings. The Hall–Kier alpha value is -0.120. The lowest BCUT2D eigenvalue weighted by molar-refractivity contribution is 0.254. The van der Waals surface area contributed by atoms with Crippen LogP contribution in [0.3, 0.4) is 0 Å². The summed E-state index contributed by atoms with van der Waals surface area (Å²) in [7, 11) is 0. The quantitative estimate of drug-likeness (QED) is 0.100. The van der Waals surface area contributed by atoms with Gasteiger partial charge >= 0.3 is 0 Å². The molecule has 0 rings (SSSR count). The van der Waals surface area contributed by atoms with Crippen molar-refractivity contribution < 1.29 is 10.2 Å². The first kappa shape index (κ1) is 33.9. The zero-order valence-electron chi connectivity index (χ0n) is 23.6. The molecule has 0 saturated heterocycles. The Kier molecular flexibility index (Phi) is 30.8. The van der Waals surface area contributed by atoms with E-state index in [1.807, 2.05) is 0 Å². The van der Waals surface area contributed by atoms with E-state index in [0.717, 1.165) is 12.8 Å². The van der Waals surface area contributed by atoms with Crippen molar-refractivity contribution in [2.24, 2.45) is 0 Å². The van der Waals surface area contributed by atoms with Crippen LogP contribution in [-0.4, -0.2) is 48.0 Å². The van der Waals surface area contributed by atoms with Gasteiger partial charge in [0.25, 0.3) is 0 Å². The van der Waals surface area contributed by atoms with Gasteiger partial charge in [-0.15, -0.1) is 0 Å². The second kappa shape index (κ2) is 30.9. The number of aliphatic hydroxyl groups is 2. The molecule has 0 aromatic rings. The van der Waals surface area contributed by atoms with Crippen molar-refractivity contribution >= 4 is 0 Å². The first-order valence-corrected chi connectivity index (χ1v) is 15.8. The van der Waals surface area contributed by atoms with E-state index in [0.29, 0.717) is 13.2 Å². The number of hydrogen-bond donors (Lipinski definition) is 2. The lowest BCUT2D eigenvalue weighted by Gasteiger charge is -2.22. The van der Waals surface area contributed by atoms with E-state index in [2.05, 4.69) is 11.8 Å². The van der Waals surface area contributed by atoms with Gasteiger partial charge in [-0.1, -0.05) is 135 Å². The van der Waals surface area contributed by atoms with Gasteiger partial charge in [0, 0.05) is 13.2 Å². The molecule has 206 valence electrons. The van der Waals surface area contributed by atoms with E-state index < -0.39 is 0 Å². The molecule has 0 aromatic heterocycles. The molecule has 0 spiro atoms. The normalized spacial score (nSPS) is 11.6. The maximum Gasteiger partial charge on any atom is 0.0431 e. The number of aliphatic hydroxyl groups excluding tert-OH is 2. The van der Waals surface area contributed by atoms with E-state index in [1.165, 1.54) is 167 Å². The van der Waals surface area contributed by atoms with Crippen LogP contribution in [0.5, 0.6) is 0 Å². The fourth-order valence-electron chi connectivity index (χ4n) is 5.00. The van der Waals surface area contributed by atoms with Crippen LogP contribution in [0, 0.1) is 0 Å². The maximum absolute atomic E-state index is 8.83. The Morgan fingerprint density at radius 2 is 0.559 bits per heavy atom. The topological polar surface area (TPSA) is 43.7 Å². The summed E-state index contributed by atoms with van der Waals surface area (Å²) in [6.07, 6.45) is 33.6. The fraction of sp³-hybridized carbons (Fsp3) is 1.00. The van der Waals surface area contributed by atoms with Crippen molar-refractivity contribution in [2.75, 3.05) is 32.8 Å². The van der Waals surface area contributed by atoms with Crippen molar-refractivity contribution in [2.45, 2.75) is 167 Å². The van der Waals surface area contributed by atoms with Crippen LogP contribution in [0.1, 0.15) is 167 Å². The predicted octanol–water partition coefficient (Wildman–Crippen LogP) is 9.05. The standard InChI is InChI=1S/C31H65NO2/c1-2-3-4-17-22-27-32(28-23-18-13-9-5-7-11-15-20-25-30-33)29-24-19-14-10-6-8-12-16-21-26-31-34/h33-34H,2-31H2,1H3. The minimum Gasteiger partial charge on any atom is -0.396 e.